The highest BCUT2D eigenvalue weighted by Gasteiger charge is 2.31. The quantitative estimate of drug-likeness (QED) is 0.857. The fourth-order valence-corrected chi connectivity index (χ4v) is 3.70. The topological polar surface area (TPSA) is 79.6 Å². The number of aliphatic imine (C=N–C) groups is 1. The Kier molecular flexibility index (Phi) is 3.14. The molecule has 3 heterocycles. The maximum atomic E-state index is 12.2. The second-order valence-corrected chi connectivity index (χ2v) is 6.90. The van der Waals surface area contributed by atoms with E-state index in [9.17, 15) is 8.42 Å². The lowest BCUT2D eigenvalue weighted by Crippen LogP contribution is -2.36. The van der Waals surface area contributed by atoms with Crippen molar-refractivity contribution in [3.8, 4) is 0 Å². The summed E-state index contributed by atoms with van der Waals surface area (Å²) >= 11 is 0. The monoisotopic (exact) mass is 295 g/mol. The maximum Gasteiger partial charge on any atom is 0.244 e. The molecular formula is C12H17N5O2S. The second kappa shape index (κ2) is 4.71. The van der Waals surface area contributed by atoms with Crippen molar-refractivity contribution in [3.05, 3.63) is 24.2 Å². The van der Waals surface area contributed by atoms with Crippen LogP contribution < -0.4 is 4.72 Å². The van der Waals surface area contributed by atoms with Crippen molar-refractivity contribution in [1.82, 2.24) is 19.4 Å². The Labute approximate surface area is 118 Å². The third-order valence-electron chi connectivity index (χ3n) is 3.43. The standard InChI is InChI=1S/C12H17N5O2S/c1-9-3-11-4-10(6-17(11)8-13-9)15-20(18,19)12-5-14-16(2)7-12/h3,5,7-10,15H,4,6H2,1-2H3/t9-,10-/m0/s1. The molecule has 1 aromatic heterocycles. The predicted molar refractivity (Wildman–Crippen MR) is 74.7 cm³/mol. The van der Waals surface area contributed by atoms with Gasteiger partial charge in [0.25, 0.3) is 0 Å². The average molecular weight is 295 g/mol. The summed E-state index contributed by atoms with van der Waals surface area (Å²) in [5, 5.41) is 3.89. The second-order valence-electron chi connectivity index (χ2n) is 5.19. The Morgan fingerprint density at radius 1 is 1.45 bits per heavy atom. The molecule has 0 aromatic carbocycles. The summed E-state index contributed by atoms with van der Waals surface area (Å²) in [5.41, 5.74) is 1.13. The van der Waals surface area contributed by atoms with Gasteiger partial charge in [0.05, 0.1) is 18.6 Å². The highest BCUT2D eigenvalue weighted by molar-refractivity contribution is 7.89. The largest absolute Gasteiger partial charge is 0.335 e. The molecule has 2 aliphatic rings. The number of rotatable bonds is 3. The van der Waals surface area contributed by atoms with Gasteiger partial charge in [-0.25, -0.2) is 13.1 Å². The molecule has 7 nitrogen and oxygen atoms in total. The molecule has 0 unspecified atom stereocenters. The van der Waals surface area contributed by atoms with E-state index >= 15 is 0 Å². The first-order chi connectivity index (χ1) is 9.44. The molecule has 0 aliphatic carbocycles. The van der Waals surface area contributed by atoms with E-state index < -0.39 is 10.0 Å². The number of aryl methyl sites for hydroxylation is 1. The van der Waals surface area contributed by atoms with E-state index in [1.165, 1.54) is 17.1 Å². The minimum atomic E-state index is -3.51. The average Bonchev–Trinajstić information content (AvgIpc) is 2.94. The van der Waals surface area contributed by atoms with Crippen LogP contribution in [0.5, 0.6) is 0 Å². The Morgan fingerprint density at radius 3 is 2.95 bits per heavy atom. The molecule has 1 N–H and O–H groups in total. The van der Waals surface area contributed by atoms with Crippen LogP contribution in [-0.2, 0) is 17.1 Å². The number of hydrogen-bond donors (Lipinski definition) is 1. The van der Waals surface area contributed by atoms with Crippen LogP contribution in [0.2, 0.25) is 0 Å². The number of nitrogens with one attached hydrogen (secondary N) is 1. The Morgan fingerprint density at radius 2 is 2.25 bits per heavy atom. The first-order valence-electron chi connectivity index (χ1n) is 6.46. The van der Waals surface area contributed by atoms with Crippen molar-refractivity contribution in [2.24, 2.45) is 12.0 Å². The molecule has 3 rings (SSSR count). The van der Waals surface area contributed by atoms with Gasteiger partial charge < -0.3 is 4.90 Å². The van der Waals surface area contributed by atoms with E-state index in [1.807, 2.05) is 11.8 Å². The molecule has 0 saturated carbocycles. The van der Waals surface area contributed by atoms with Crippen LogP contribution >= 0.6 is 0 Å². The summed E-state index contributed by atoms with van der Waals surface area (Å²) in [6.45, 7) is 2.62. The number of sulfonamides is 1. The number of nitrogens with zero attached hydrogens (tertiary/aromatic N) is 4. The number of fused-ring (bicyclic) bond motifs is 1. The van der Waals surface area contributed by atoms with Crippen LogP contribution in [0.3, 0.4) is 0 Å². The highest BCUT2D eigenvalue weighted by Crippen LogP contribution is 2.24. The fraction of sp³-hybridized carbons (Fsp3) is 0.500. The predicted octanol–water partition coefficient (Wildman–Crippen LogP) is 0.0870. The van der Waals surface area contributed by atoms with Crippen LogP contribution in [0.4, 0.5) is 0 Å². The van der Waals surface area contributed by atoms with E-state index in [1.54, 1.807) is 13.4 Å². The molecule has 8 heteroatoms. The van der Waals surface area contributed by atoms with Gasteiger partial charge in [-0.15, -0.1) is 0 Å². The van der Waals surface area contributed by atoms with E-state index in [4.69, 9.17) is 0 Å². The lowest BCUT2D eigenvalue weighted by molar-refractivity contribution is 0.525. The van der Waals surface area contributed by atoms with Crippen LogP contribution in [-0.4, -0.2) is 48.1 Å². The van der Waals surface area contributed by atoms with Crippen molar-refractivity contribution in [3.63, 3.8) is 0 Å². The minimum absolute atomic E-state index is 0.136. The Balaban J connectivity index is 1.74. The van der Waals surface area contributed by atoms with Crippen molar-refractivity contribution < 1.29 is 8.42 Å². The molecule has 108 valence electrons. The molecule has 0 radical (unpaired) electrons. The maximum absolute atomic E-state index is 12.2. The van der Waals surface area contributed by atoms with Crippen molar-refractivity contribution >= 4 is 16.4 Å². The molecule has 1 aromatic rings. The normalized spacial score (nSPS) is 25.7. The van der Waals surface area contributed by atoms with Gasteiger partial charge in [-0.05, 0) is 13.0 Å². The van der Waals surface area contributed by atoms with E-state index in [0.29, 0.717) is 13.0 Å². The Hall–Kier alpha value is -1.67. The molecule has 2 aliphatic heterocycles. The van der Waals surface area contributed by atoms with E-state index in [2.05, 4.69) is 20.9 Å². The summed E-state index contributed by atoms with van der Waals surface area (Å²) in [6, 6.07) is 0.0261. The van der Waals surface area contributed by atoms with Crippen LogP contribution in [0.25, 0.3) is 0 Å². The lowest BCUT2D eigenvalue weighted by Gasteiger charge is -2.19. The molecule has 0 bridgehead atoms. The van der Waals surface area contributed by atoms with Gasteiger partial charge in [-0.2, -0.15) is 5.10 Å². The van der Waals surface area contributed by atoms with Gasteiger partial charge in [0.2, 0.25) is 10.0 Å². The first kappa shape index (κ1) is 13.3. The van der Waals surface area contributed by atoms with Gasteiger partial charge >= 0.3 is 0 Å². The van der Waals surface area contributed by atoms with Crippen LogP contribution in [0.1, 0.15) is 13.3 Å². The van der Waals surface area contributed by atoms with Gasteiger partial charge in [-0.1, -0.05) is 0 Å². The zero-order chi connectivity index (χ0) is 14.3. The van der Waals surface area contributed by atoms with Crippen molar-refractivity contribution in [2.45, 2.75) is 30.3 Å². The SMILES string of the molecule is C[C@H]1C=C2C[C@H](NS(=O)(=O)c3cnn(C)c3)CN2C=N1. The van der Waals surface area contributed by atoms with Crippen LogP contribution in [0, 0.1) is 0 Å². The van der Waals surface area contributed by atoms with Crippen molar-refractivity contribution in [2.75, 3.05) is 6.54 Å². The molecule has 1 saturated heterocycles. The third kappa shape index (κ3) is 2.48. The molecule has 0 spiro atoms. The molecule has 2 atom stereocenters. The first-order valence-corrected chi connectivity index (χ1v) is 7.94. The van der Waals surface area contributed by atoms with E-state index in [-0.39, 0.29) is 17.0 Å². The van der Waals surface area contributed by atoms with Crippen molar-refractivity contribution in [1.29, 1.82) is 0 Å². The molecule has 0 amide bonds. The summed E-state index contributed by atoms with van der Waals surface area (Å²) in [5.74, 6) is 0. The van der Waals surface area contributed by atoms with E-state index in [0.717, 1.165) is 5.70 Å². The van der Waals surface area contributed by atoms with Gasteiger partial charge in [0.15, 0.2) is 0 Å². The Bertz CT molecular complexity index is 676. The molecule has 1 fully saturated rings. The molecule has 20 heavy (non-hydrogen) atoms. The zero-order valence-electron chi connectivity index (χ0n) is 11.4. The van der Waals surface area contributed by atoms with Gasteiger partial charge in [0, 0.05) is 37.9 Å². The minimum Gasteiger partial charge on any atom is -0.335 e. The fourth-order valence-electron chi connectivity index (χ4n) is 2.49. The number of hydrogen-bond acceptors (Lipinski definition) is 5. The lowest BCUT2D eigenvalue weighted by atomic mass is 10.2. The van der Waals surface area contributed by atoms with Crippen LogP contribution in [0.15, 0.2) is 34.1 Å². The van der Waals surface area contributed by atoms with Gasteiger partial charge in [0.1, 0.15) is 4.90 Å². The summed E-state index contributed by atoms with van der Waals surface area (Å²) in [6.07, 6.45) is 7.40. The highest BCUT2D eigenvalue weighted by atomic mass is 32.2. The third-order valence-corrected chi connectivity index (χ3v) is 4.90. The smallest absolute Gasteiger partial charge is 0.244 e. The van der Waals surface area contributed by atoms with Gasteiger partial charge in [-0.3, -0.25) is 9.67 Å². The zero-order valence-corrected chi connectivity index (χ0v) is 12.2. The number of aromatic nitrogens is 2. The molecular weight excluding hydrogens is 278 g/mol. The summed E-state index contributed by atoms with van der Waals surface area (Å²) < 4.78 is 28.7. The summed E-state index contributed by atoms with van der Waals surface area (Å²) in [7, 11) is -1.82. The summed E-state index contributed by atoms with van der Waals surface area (Å²) in [4.78, 5) is 6.49.